The van der Waals surface area contributed by atoms with Gasteiger partial charge in [-0.05, 0) is 12.2 Å². The lowest BCUT2D eigenvalue weighted by molar-refractivity contribution is 0.151. The Morgan fingerprint density at radius 3 is 2.36 bits per heavy atom. The first kappa shape index (κ1) is 8.29. The monoisotopic (exact) mass is 175 g/mol. The van der Waals surface area contributed by atoms with Crippen LogP contribution in [-0.4, -0.2) is 24.8 Å². The summed E-state index contributed by atoms with van der Waals surface area (Å²) in [6.45, 7) is 0. The fourth-order valence-electron chi connectivity index (χ4n) is 0.688. The zero-order valence-electron chi connectivity index (χ0n) is 5.98. The average Bonchev–Trinajstić information content (AvgIpc) is 1.87. The second-order valence-electron chi connectivity index (χ2n) is 2.33. The average molecular weight is 175 g/mol. The molecule has 0 amide bonds. The minimum absolute atomic E-state index is 0.962. The highest BCUT2D eigenvalue weighted by Gasteiger charge is 2.35. The molecule has 0 fully saturated rings. The van der Waals surface area contributed by atoms with Crippen LogP contribution in [0.1, 0.15) is 0 Å². The van der Waals surface area contributed by atoms with Gasteiger partial charge in [0.2, 0.25) is 9.84 Å². The number of aliphatic hydroxyl groups is 1. The summed E-state index contributed by atoms with van der Waals surface area (Å²) in [7, 11) is -3.52. The van der Waals surface area contributed by atoms with Crippen molar-refractivity contribution in [2.75, 3.05) is 6.26 Å². The van der Waals surface area contributed by atoms with E-state index in [9.17, 15) is 13.5 Å². The van der Waals surface area contributed by atoms with Gasteiger partial charge in [0.05, 0.1) is 0 Å². The van der Waals surface area contributed by atoms with E-state index in [0.717, 1.165) is 6.26 Å². The van der Waals surface area contributed by atoms with E-state index < -0.39 is 14.9 Å². The fraction of sp³-hybridized carbons (Fsp3) is 0.333. The molecule has 11 heavy (non-hydrogen) atoms. The van der Waals surface area contributed by atoms with Gasteiger partial charge in [-0.25, -0.2) is 8.42 Å². The van der Waals surface area contributed by atoms with Crippen molar-refractivity contribution in [3.8, 4) is 0 Å². The highest BCUT2D eigenvalue weighted by molar-refractivity contribution is 7.92. The first-order chi connectivity index (χ1) is 4.96. The lowest BCUT2D eigenvalue weighted by Crippen LogP contribution is -2.48. The normalized spacial score (nSPS) is 30.0. The Hall–Kier alpha value is -0.810. The number of dihydropyridines is 1. The van der Waals surface area contributed by atoms with Crippen molar-refractivity contribution >= 4 is 9.84 Å². The van der Waals surface area contributed by atoms with Gasteiger partial charge in [0.1, 0.15) is 0 Å². The van der Waals surface area contributed by atoms with Crippen LogP contribution < -0.4 is 5.32 Å². The summed E-state index contributed by atoms with van der Waals surface area (Å²) in [6.07, 6.45) is 6.59. The van der Waals surface area contributed by atoms with Crippen molar-refractivity contribution < 1.29 is 13.5 Å². The van der Waals surface area contributed by atoms with Crippen molar-refractivity contribution in [3.63, 3.8) is 0 Å². The van der Waals surface area contributed by atoms with Gasteiger partial charge >= 0.3 is 0 Å². The molecule has 0 saturated carbocycles. The molecule has 62 valence electrons. The van der Waals surface area contributed by atoms with Crippen molar-refractivity contribution in [2.24, 2.45) is 0 Å². The van der Waals surface area contributed by atoms with Gasteiger partial charge < -0.3 is 10.4 Å². The number of allylic oxidation sites excluding steroid dienone is 2. The topological polar surface area (TPSA) is 66.4 Å². The molecule has 0 aromatic heterocycles. The van der Waals surface area contributed by atoms with E-state index in [-0.39, 0.29) is 0 Å². The molecule has 0 aromatic rings. The molecule has 0 aliphatic carbocycles. The Labute approximate surface area is 65.1 Å². The van der Waals surface area contributed by atoms with Gasteiger partial charge in [-0.1, -0.05) is 6.08 Å². The Morgan fingerprint density at radius 2 is 2.09 bits per heavy atom. The van der Waals surface area contributed by atoms with Crippen LogP contribution in [0, 0.1) is 0 Å². The van der Waals surface area contributed by atoms with E-state index in [1.807, 2.05) is 0 Å². The van der Waals surface area contributed by atoms with Crippen LogP contribution in [0.15, 0.2) is 24.4 Å². The summed E-state index contributed by atoms with van der Waals surface area (Å²) in [4.78, 5) is 0. The maximum atomic E-state index is 10.9. The minimum atomic E-state index is -3.52. The Balaban J connectivity index is 3.04. The van der Waals surface area contributed by atoms with Gasteiger partial charge in [-0.3, -0.25) is 0 Å². The van der Waals surface area contributed by atoms with Gasteiger partial charge in [0, 0.05) is 12.5 Å². The maximum absolute atomic E-state index is 10.9. The SMILES string of the molecule is CS(=O)(=O)C1(O)C=CC=CN1. The first-order valence-electron chi connectivity index (χ1n) is 3.00. The summed E-state index contributed by atoms with van der Waals surface area (Å²) in [5.74, 6) is 0. The molecule has 0 aromatic carbocycles. The van der Waals surface area contributed by atoms with Gasteiger partial charge in [-0.2, -0.15) is 0 Å². The number of nitrogens with one attached hydrogen (secondary N) is 1. The first-order valence-corrected chi connectivity index (χ1v) is 4.89. The molecule has 0 saturated heterocycles. The predicted molar refractivity (Wildman–Crippen MR) is 41.2 cm³/mol. The summed E-state index contributed by atoms with van der Waals surface area (Å²) < 4.78 is 21.8. The van der Waals surface area contributed by atoms with Crippen LogP contribution >= 0.6 is 0 Å². The molecule has 4 nitrogen and oxygen atoms in total. The maximum Gasteiger partial charge on any atom is 0.260 e. The van der Waals surface area contributed by atoms with E-state index in [1.54, 1.807) is 6.08 Å². The van der Waals surface area contributed by atoms with E-state index >= 15 is 0 Å². The molecular weight excluding hydrogens is 166 g/mol. The Bertz CT molecular complexity index is 304. The Morgan fingerprint density at radius 1 is 1.45 bits per heavy atom. The number of hydrogen-bond donors (Lipinski definition) is 2. The second kappa shape index (κ2) is 2.35. The summed E-state index contributed by atoms with van der Waals surface area (Å²) in [6, 6.07) is 0. The van der Waals surface area contributed by atoms with Crippen molar-refractivity contribution in [1.29, 1.82) is 0 Å². The molecule has 2 N–H and O–H groups in total. The van der Waals surface area contributed by atoms with Crippen LogP contribution in [-0.2, 0) is 9.84 Å². The molecule has 0 radical (unpaired) electrons. The zero-order chi connectivity index (χ0) is 8.54. The van der Waals surface area contributed by atoms with Crippen LogP contribution in [0.25, 0.3) is 0 Å². The fourth-order valence-corrected chi connectivity index (χ4v) is 1.30. The molecular formula is C6H9NO3S. The van der Waals surface area contributed by atoms with E-state index in [2.05, 4.69) is 5.32 Å². The lowest BCUT2D eigenvalue weighted by Gasteiger charge is -2.24. The van der Waals surface area contributed by atoms with Gasteiger partial charge in [-0.15, -0.1) is 0 Å². The largest absolute Gasteiger partial charge is 0.355 e. The van der Waals surface area contributed by atoms with E-state index in [4.69, 9.17) is 0 Å². The number of sulfone groups is 1. The summed E-state index contributed by atoms with van der Waals surface area (Å²) in [5.41, 5.74) is 0. The van der Waals surface area contributed by atoms with Crippen molar-refractivity contribution in [3.05, 3.63) is 24.4 Å². The lowest BCUT2D eigenvalue weighted by atomic mass is 10.4. The smallest absolute Gasteiger partial charge is 0.260 e. The molecule has 1 heterocycles. The molecule has 1 atom stereocenters. The minimum Gasteiger partial charge on any atom is -0.355 e. The van der Waals surface area contributed by atoms with Gasteiger partial charge in [0.15, 0.2) is 0 Å². The zero-order valence-corrected chi connectivity index (χ0v) is 6.80. The standard InChI is InChI=1S/C6H9NO3S/c1-11(9,10)6(8)4-2-3-5-7-6/h2-5,7-8H,1H3. The molecule has 1 rings (SSSR count). The molecule has 1 aliphatic rings. The van der Waals surface area contributed by atoms with E-state index in [0.29, 0.717) is 0 Å². The van der Waals surface area contributed by atoms with Crippen LogP contribution in [0.3, 0.4) is 0 Å². The molecule has 5 heteroatoms. The predicted octanol–water partition coefficient (Wildman–Crippen LogP) is -0.650. The molecule has 0 spiro atoms. The van der Waals surface area contributed by atoms with Crippen LogP contribution in [0.2, 0.25) is 0 Å². The van der Waals surface area contributed by atoms with Crippen molar-refractivity contribution in [1.82, 2.24) is 5.32 Å². The van der Waals surface area contributed by atoms with Crippen LogP contribution in [0.5, 0.6) is 0 Å². The highest BCUT2D eigenvalue weighted by atomic mass is 32.2. The molecule has 1 aliphatic heterocycles. The molecule has 1 unspecified atom stereocenters. The second-order valence-corrected chi connectivity index (χ2v) is 4.50. The van der Waals surface area contributed by atoms with Crippen LogP contribution in [0.4, 0.5) is 0 Å². The number of rotatable bonds is 1. The summed E-state index contributed by atoms with van der Waals surface area (Å²) >= 11 is 0. The summed E-state index contributed by atoms with van der Waals surface area (Å²) in [5, 5.41) is 9.78. The van der Waals surface area contributed by atoms with E-state index in [1.165, 1.54) is 18.4 Å². The van der Waals surface area contributed by atoms with Crippen molar-refractivity contribution in [2.45, 2.75) is 5.06 Å². The highest BCUT2D eigenvalue weighted by Crippen LogP contribution is 2.13. The third-order valence-electron chi connectivity index (χ3n) is 1.38. The Kier molecular flexibility index (Phi) is 1.77. The van der Waals surface area contributed by atoms with Gasteiger partial charge in [0.25, 0.3) is 5.06 Å². The molecule has 0 bridgehead atoms. The quantitative estimate of drug-likeness (QED) is 0.556. The third kappa shape index (κ3) is 1.44. The number of hydrogen-bond acceptors (Lipinski definition) is 4. The third-order valence-corrected chi connectivity index (χ3v) is 2.77.